The summed E-state index contributed by atoms with van der Waals surface area (Å²) < 4.78 is 0. The lowest BCUT2D eigenvalue weighted by atomic mass is 9.78. The van der Waals surface area contributed by atoms with Crippen LogP contribution in [0.2, 0.25) is 25.7 Å². The lowest BCUT2D eigenvalue weighted by molar-refractivity contribution is -0.0249. The predicted octanol–water partition coefficient (Wildman–Crippen LogP) is 3.27. The molecule has 0 radical (unpaired) electrons. The van der Waals surface area contributed by atoms with E-state index in [-0.39, 0.29) is 5.60 Å². The van der Waals surface area contributed by atoms with Crippen LogP contribution in [0.15, 0.2) is 0 Å². The molecule has 0 aromatic heterocycles. The highest BCUT2D eigenvalue weighted by Gasteiger charge is 2.39. The Morgan fingerprint density at radius 3 is 2.38 bits per heavy atom. The second kappa shape index (κ2) is 3.74. The summed E-state index contributed by atoms with van der Waals surface area (Å²) in [6.45, 7) is 9.28. The molecule has 0 amide bonds. The van der Waals surface area contributed by atoms with E-state index in [1.54, 1.807) is 0 Å². The van der Waals surface area contributed by atoms with Gasteiger partial charge >= 0.3 is 0 Å². The molecule has 1 aliphatic carbocycles. The Balaban J connectivity index is 2.62. The molecule has 0 saturated heterocycles. The van der Waals surface area contributed by atoms with Gasteiger partial charge in [-0.15, -0.1) is 0 Å². The van der Waals surface area contributed by atoms with E-state index in [9.17, 15) is 5.11 Å². The van der Waals surface area contributed by atoms with Gasteiger partial charge in [0, 0.05) is 8.07 Å². The summed E-state index contributed by atoms with van der Waals surface area (Å²) in [5.41, 5.74) is -0.317. The van der Waals surface area contributed by atoms with Crippen LogP contribution in [0.3, 0.4) is 0 Å². The van der Waals surface area contributed by atoms with Gasteiger partial charge in [-0.3, -0.25) is 0 Å². The molecule has 1 saturated carbocycles. The summed E-state index contributed by atoms with van der Waals surface area (Å²) >= 11 is 0. The van der Waals surface area contributed by atoms with E-state index in [4.69, 9.17) is 0 Å². The van der Waals surface area contributed by atoms with E-state index in [2.05, 4.69) is 26.6 Å². The van der Waals surface area contributed by atoms with E-state index < -0.39 is 8.07 Å². The molecule has 2 heteroatoms. The standard InChI is InChI=1S/C11H24OSi/c1-10-7-5-6-8-11(10,12)9-13(2,3)4/h10,12H,5-9H2,1-4H3/t10?,11-/m0/s1. The third kappa shape index (κ3) is 3.10. The maximum absolute atomic E-state index is 10.5. The summed E-state index contributed by atoms with van der Waals surface area (Å²) in [7, 11) is -1.11. The average Bonchev–Trinajstić information content (AvgIpc) is 1.92. The second-order valence-corrected chi connectivity index (χ2v) is 11.5. The molecule has 13 heavy (non-hydrogen) atoms. The van der Waals surface area contributed by atoms with E-state index >= 15 is 0 Å². The van der Waals surface area contributed by atoms with Crippen LogP contribution in [0.5, 0.6) is 0 Å². The lowest BCUT2D eigenvalue weighted by Crippen LogP contribution is -2.44. The Hall–Kier alpha value is 0.177. The molecule has 2 atom stereocenters. The largest absolute Gasteiger partial charge is 0.390 e. The first-order chi connectivity index (χ1) is 5.83. The van der Waals surface area contributed by atoms with Crippen LogP contribution in [0.25, 0.3) is 0 Å². The zero-order valence-corrected chi connectivity index (χ0v) is 10.6. The molecule has 0 bridgehead atoms. The molecule has 0 heterocycles. The molecule has 1 N–H and O–H groups in total. The quantitative estimate of drug-likeness (QED) is 0.678. The summed E-state index contributed by atoms with van der Waals surface area (Å²) in [5.74, 6) is 0.521. The van der Waals surface area contributed by atoms with Crippen molar-refractivity contribution in [1.82, 2.24) is 0 Å². The van der Waals surface area contributed by atoms with Gasteiger partial charge in [-0.25, -0.2) is 0 Å². The zero-order valence-electron chi connectivity index (χ0n) is 9.56. The van der Waals surface area contributed by atoms with Gasteiger partial charge in [0.1, 0.15) is 0 Å². The van der Waals surface area contributed by atoms with E-state index in [1.165, 1.54) is 19.3 Å². The Bertz CT molecular complexity index is 173. The summed E-state index contributed by atoms with van der Waals surface area (Å²) in [6.07, 6.45) is 4.81. The third-order valence-corrected chi connectivity index (χ3v) is 4.92. The van der Waals surface area contributed by atoms with Crippen LogP contribution in [0.4, 0.5) is 0 Å². The molecule has 1 unspecified atom stereocenters. The van der Waals surface area contributed by atoms with Gasteiger partial charge in [0.2, 0.25) is 0 Å². The van der Waals surface area contributed by atoms with Gasteiger partial charge in [-0.2, -0.15) is 0 Å². The van der Waals surface area contributed by atoms with Crippen LogP contribution in [-0.2, 0) is 0 Å². The molecular formula is C11H24OSi. The fourth-order valence-corrected chi connectivity index (χ4v) is 4.94. The van der Waals surface area contributed by atoms with Crippen molar-refractivity contribution in [2.24, 2.45) is 5.92 Å². The van der Waals surface area contributed by atoms with E-state index in [1.807, 2.05) is 0 Å². The number of hydrogen-bond acceptors (Lipinski definition) is 1. The van der Waals surface area contributed by atoms with Gasteiger partial charge in [-0.1, -0.05) is 39.4 Å². The van der Waals surface area contributed by atoms with Crippen LogP contribution in [0.1, 0.15) is 32.6 Å². The molecule has 1 nitrogen and oxygen atoms in total. The molecule has 0 spiro atoms. The van der Waals surface area contributed by atoms with Crippen molar-refractivity contribution in [3.05, 3.63) is 0 Å². The van der Waals surface area contributed by atoms with Gasteiger partial charge in [0.25, 0.3) is 0 Å². The van der Waals surface area contributed by atoms with Crippen molar-refractivity contribution in [3.8, 4) is 0 Å². The highest BCUT2D eigenvalue weighted by molar-refractivity contribution is 6.76. The molecule has 1 aliphatic rings. The minimum Gasteiger partial charge on any atom is -0.390 e. The number of aliphatic hydroxyl groups is 1. The zero-order chi connectivity index (χ0) is 10.1. The van der Waals surface area contributed by atoms with Crippen molar-refractivity contribution in [2.75, 3.05) is 0 Å². The molecule has 0 aromatic rings. The normalized spacial score (nSPS) is 36.2. The van der Waals surface area contributed by atoms with Crippen molar-refractivity contribution in [1.29, 1.82) is 0 Å². The summed E-state index contributed by atoms with van der Waals surface area (Å²) in [6, 6.07) is 1.08. The van der Waals surface area contributed by atoms with Crippen molar-refractivity contribution < 1.29 is 5.11 Å². The fraction of sp³-hybridized carbons (Fsp3) is 1.00. The van der Waals surface area contributed by atoms with Crippen molar-refractivity contribution in [3.63, 3.8) is 0 Å². The topological polar surface area (TPSA) is 20.2 Å². The Labute approximate surface area is 83.6 Å². The lowest BCUT2D eigenvalue weighted by Gasteiger charge is -2.41. The predicted molar refractivity (Wildman–Crippen MR) is 60.7 cm³/mol. The van der Waals surface area contributed by atoms with Crippen LogP contribution >= 0.6 is 0 Å². The van der Waals surface area contributed by atoms with Gasteiger partial charge in [0.15, 0.2) is 0 Å². The Morgan fingerprint density at radius 2 is 1.92 bits per heavy atom. The molecule has 0 aromatic carbocycles. The molecular weight excluding hydrogens is 176 g/mol. The fourth-order valence-electron chi connectivity index (χ4n) is 2.58. The van der Waals surface area contributed by atoms with Crippen LogP contribution in [-0.4, -0.2) is 18.8 Å². The van der Waals surface area contributed by atoms with Crippen molar-refractivity contribution >= 4 is 8.07 Å². The summed E-state index contributed by atoms with van der Waals surface area (Å²) in [5, 5.41) is 10.5. The van der Waals surface area contributed by atoms with Gasteiger partial charge < -0.3 is 5.11 Å². The minimum absolute atomic E-state index is 0.317. The number of rotatable bonds is 2. The van der Waals surface area contributed by atoms with E-state index in [0.717, 1.165) is 12.5 Å². The SMILES string of the molecule is CC1CCCC[C@]1(O)C[Si](C)(C)C. The first kappa shape index (κ1) is 11.3. The monoisotopic (exact) mass is 200 g/mol. The van der Waals surface area contributed by atoms with Gasteiger partial charge in [-0.05, 0) is 24.8 Å². The maximum atomic E-state index is 10.5. The first-order valence-corrected chi connectivity index (χ1v) is 9.27. The van der Waals surface area contributed by atoms with Crippen LogP contribution < -0.4 is 0 Å². The molecule has 1 rings (SSSR count). The second-order valence-electron chi connectivity index (χ2n) is 5.99. The molecule has 1 fully saturated rings. The first-order valence-electron chi connectivity index (χ1n) is 5.56. The average molecular weight is 200 g/mol. The van der Waals surface area contributed by atoms with Crippen molar-refractivity contribution in [2.45, 2.75) is 63.9 Å². The molecule has 78 valence electrons. The highest BCUT2D eigenvalue weighted by Crippen LogP contribution is 2.39. The van der Waals surface area contributed by atoms with Crippen LogP contribution in [0, 0.1) is 5.92 Å². The minimum atomic E-state index is -1.11. The smallest absolute Gasteiger partial charge is 0.0649 e. The summed E-state index contributed by atoms with van der Waals surface area (Å²) in [4.78, 5) is 0. The number of hydrogen-bond donors (Lipinski definition) is 1. The maximum Gasteiger partial charge on any atom is 0.0649 e. The van der Waals surface area contributed by atoms with E-state index in [0.29, 0.717) is 5.92 Å². The Kier molecular flexibility index (Phi) is 3.23. The third-order valence-electron chi connectivity index (χ3n) is 3.25. The Morgan fingerprint density at radius 1 is 1.31 bits per heavy atom. The van der Waals surface area contributed by atoms with Gasteiger partial charge in [0.05, 0.1) is 5.60 Å². The molecule has 0 aliphatic heterocycles. The highest BCUT2D eigenvalue weighted by atomic mass is 28.3.